The molecule has 0 amide bonds. The third-order valence-electron chi connectivity index (χ3n) is 16.3. The van der Waals surface area contributed by atoms with Crippen molar-refractivity contribution in [2.75, 3.05) is 4.90 Å². The van der Waals surface area contributed by atoms with Crippen molar-refractivity contribution in [1.82, 2.24) is 0 Å². The van der Waals surface area contributed by atoms with Crippen LogP contribution in [0.1, 0.15) is 76.4 Å². The highest BCUT2D eigenvalue weighted by atomic mass is 15.1. The number of anilines is 3. The highest BCUT2D eigenvalue weighted by Gasteiger charge is 2.53. The summed E-state index contributed by atoms with van der Waals surface area (Å²) in [7, 11) is 0. The molecule has 1 nitrogen and oxygen atoms in total. The van der Waals surface area contributed by atoms with Crippen LogP contribution in [0.25, 0.3) is 50.1 Å². The monoisotopic (exact) mass is 853 g/mol. The summed E-state index contributed by atoms with van der Waals surface area (Å²) in [6, 6.07) is 76.2. The van der Waals surface area contributed by atoms with Crippen LogP contribution in [0, 0.1) is 0 Å². The molecular weight excluding hydrogens is 807 g/mol. The molecule has 1 heteroatoms. The summed E-state index contributed by atoms with van der Waals surface area (Å²) in [6.45, 7) is 11.2. The molecular formula is C66H47N. The molecule has 5 aliphatic carbocycles. The van der Waals surface area contributed by atoms with Gasteiger partial charge in [0, 0.05) is 22.4 Å². The molecule has 0 bridgehead atoms. The standard InChI is InChI=1S/C66H47N/c1-5-6-26-52-41(2)44-20-7-14-28-54(44)65(52)55-29-15-10-23-47(55)49-37-35-43(40-61(49)65)67(62-34-19-33-60-63(62)50-25-12-13-27-53(50)64(60,3)4)42-36-38-59-51(39-42)48-24-11-18-32-58(48)66(59)56-30-16-8-21-45(56)46-22-9-17-31-57(46)66/h5-40H,1H2,2-4H3/b26-6-. The number of benzene rings is 9. The zero-order chi connectivity index (χ0) is 44.8. The molecule has 0 N–H and O–H groups in total. The molecule has 2 spiro atoms. The van der Waals surface area contributed by atoms with Crippen molar-refractivity contribution >= 4 is 22.6 Å². The third-order valence-corrected chi connectivity index (χ3v) is 16.3. The maximum atomic E-state index is 4.13. The van der Waals surface area contributed by atoms with Crippen LogP contribution < -0.4 is 4.90 Å². The summed E-state index contributed by atoms with van der Waals surface area (Å²) >= 11 is 0. The van der Waals surface area contributed by atoms with Crippen molar-refractivity contribution in [3.8, 4) is 44.5 Å². The van der Waals surface area contributed by atoms with E-state index in [1.807, 2.05) is 6.08 Å². The van der Waals surface area contributed by atoms with Crippen LogP contribution in [0.2, 0.25) is 0 Å². The average Bonchev–Trinajstić information content (AvgIpc) is 4.09. The van der Waals surface area contributed by atoms with Crippen molar-refractivity contribution in [1.29, 1.82) is 0 Å². The van der Waals surface area contributed by atoms with Crippen molar-refractivity contribution < 1.29 is 0 Å². The molecule has 0 radical (unpaired) electrons. The van der Waals surface area contributed by atoms with E-state index in [1.54, 1.807) is 0 Å². The molecule has 0 aromatic heterocycles. The first-order chi connectivity index (χ1) is 32.9. The predicted octanol–water partition coefficient (Wildman–Crippen LogP) is 16.7. The summed E-state index contributed by atoms with van der Waals surface area (Å²) < 4.78 is 0. The van der Waals surface area contributed by atoms with Crippen LogP contribution in [0.15, 0.2) is 231 Å². The minimum atomic E-state index is -0.506. The van der Waals surface area contributed by atoms with Crippen molar-refractivity contribution in [3.63, 3.8) is 0 Å². The van der Waals surface area contributed by atoms with E-state index in [0.29, 0.717) is 0 Å². The molecule has 0 saturated heterocycles. The fraction of sp³-hybridized carbons (Fsp3) is 0.0909. The first-order valence-electron chi connectivity index (χ1n) is 23.7. The van der Waals surface area contributed by atoms with Gasteiger partial charge in [0.2, 0.25) is 0 Å². The van der Waals surface area contributed by atoms with E-state index in [2.05, 4.69) is 245 Å². The lowest BCUT2D eigenvalue weighted by Crippen LogP contribution is -2.27. The summed E-state index contributed by atoms with van der Waals surface area (Å²) in [4.78, 5) is 2.58. The van der Waals surface area contributed by atoms with Crippen LogP contribution in [0.3, 0.4) is 0 Å². The molecule has 1 atom stereocenters. The zero-order valence-corrected chi connectivity index (χ0v) is 37.9. The summed E-state index contributed by atoms with van der Waals surface area (Å²) in [6.07, 6.45) is 6.34. The molecule has 316 valence electrons. The molecule has 0 aliphatic heterocycles. The molecule has 0 heterocycles. The topological polar surface area (TPSA) is 3.24 Å². The van der Waals surface area contributed by atoms with Gasteiger partial charge >= 0.3 is 0 Å². The lowest BCUT2D eigenvalue weighted by Gasteiger charge is -2.34. The Kier molecular flexibility index (Phi) is 7.73. The van der Waals surface area contributed by atoms with Gasteiger partial charge in [-0.3, -0.25) is 0 Å². The third kappa shape index (κ3) is 4.64. The Bertz CT molecular complexity index is 3680. The summed E-state index contributed by atoms with van der Waals surface area (Å²) in [5.74, 6) is 0. The largest absolute Gasteiger partial charge is 0.310 e. The maximum absolute atomic E-state index is 4.13. The smallest absolute Gasteiger partial charge is 0.0725 e. The van der Waals surface area contributed by atoms with Gasteiger partial charge in [-0.15, -0.1) is 0 Å². The van der Waals surface area contributed by atoms with Crippen molar-refractivity contribution in [3.05, 3.63) is 286 Å². The second-order valence-electron chi connectivity index (χ2n) is 19.5. The number of nitrogens with zero attached hydrogens (tertiary/aromatic N) is 1. The Balaban J connectivity index is 1.07. The van der Waals surface area contributed by atoms with Gasteiger partial charge in [-0.05, 0) is 143 Å². The second kappa shape index (κ2) is 13.5. The molecule has 0 saturated carbocycles. The Morgan fingerprint density at radius 2 is 0.836 bits per heavy atom. The number of hydrogen-bond acceptors (Lipinski definition) is 1. The highest BCUT2D eigenvalue weighted by Crippen LogP contribution is 2.65. The molecule has 5 aliphatic rings. The molecule has 9 aromatic rings. The second-order valence-corrected chi connectivity index (χ2v) is 19.5. The van der Waals surface area contributed by atoms with Crippen LogP contribution >= 0.6 is 0 Å². The molecule has 1 unspecified atom stereocenters. The van der Waals surface area contributed by atoms with Crippen LogP contribution in [0.5, 0.6) is 0 Å². The summed E-state index contributed by atoms with van der Waals surface area (Å²) in [5, 5.41) is 0. The van der Waals surface area contributed by atoms with Crippen LogP contribution in [-0.2, 0) is 16.2 Å². The zero-order valence-electron chi connectivity index (χ0n) is 37.9. The Labute approximate surface area is 393 Å². The number of hydrogen-bond donors (Lipinski definition) is 0. The lowest BCUT2D eigenvalue weighted by atomic mass is 9.69. The van der Waals surface area contributed by atoms with Gasteiger partial charge in [-0.25, -0.2) is 0 Å². The van der Waals surface area contributed by atoms with Gasteiger partial charge in [-0.1, -0.05) is 209 Å². The van der Waals surface area contributed by atoms with E-state index < -0.39 is 10.8 Å². The average molecular weight is 854 g/mol. The van der Waals surface area contributed by atoms with E-state index >= 15 is 0 Å². The number of rotatable bonds is 5. The van der Waals surface area contributed by atoms with Gasteiger partial charge in [0.05, 0.1) is 16.5 Å². The SMILES string of the molecule is C=C/C=C\C1=C(C)c2ccccc2C12c1ccccc1-c1ccc(N(c3ccc4c(c3)-c3ccccc3C43c4ccccc4-c4ccccc43)c3cccc4c3-c3ccccc3C4(C)C)cc12. The normalized spacial score (nSPS) is 17.4. The van der Waals surface area contributed by atoms with E-state index in [0.717, 1.165) is 11.4 Å². The van der Waals surface area contributed by atoms with E-state index in [9.17, 15) is 0 Å². The maximum Gasteiger partial charge on any atom is 0.0725 e. The fourth-order valence-electron chi connectivity index (χ4n) is 13.7. The molecule has 0 fully saturated rings. The number of allylic oxidation sites excluding steroid dienone is 5. The van der Waals surface area contributed by atoms with E-state index in [-0.39, 0.29) is 5.41 Å². The van der Waals surface area contributed by atoms with Crippen LogP contribution in [-0.4, -0.2) is 0 Å². The minimum absolute atomic E-state index is 0.161. The van der Waals surface area contributed by atoms with Gasteiger partial charge in [0.25, 0.3) is 0 Å². The minimum Gasteiger partial charge on any atom is -0.310 e. The van der Waals surface area contributed by atoms with Gasteiger partial charge in [0.1, 0.15) is 0 Å². The first kappa shape index (κ1) is 38.3. The van der Waals surface area contributed by atoms with Gasteiger partial charge in [-0.2, -0.15) is 0 Å². The van der Waals surface area contributed by atoms with E-state index in [4.69, 9.17) is 0 Å². The van der Waals surface area contributed by atoms with Gasteiger partial charge in [0.15, 0.2) is 0 Å². The van der Waals surface area contributed by atoms with Gasteiger partial charge < -0.3 is 4.90 Å². The Hall–Kier alpha value is -8.00. The molecule has 9 aromatic carbocycles. The number of fused-ring (bicyclic) bond motifs is 20. The van der Waals surface area contributed by atoms with Crippen molar-refractivity contribution in [2.45, 2.75) is 37.0 Å². The van der Waals surface area contributed by atoms with E-state index in [1.165, 1.54) is 117 Å². The Morgan fingerprint density at radius 1 is 0.388 bits per heavy atom. The lowest BCUT2D eigenvalue weighted by molar-refractivity contribution is 0.660. The molecule has 14 rings (SSSR count). The fourth-order valence-corrected chi connectivity index (χ4v) is 13.7. The van der Waals surface area contributed by atoms with Crippen molar-refractivity contribution in [2.24, 2.45) is 0 Å². The van der Waals surface area contributed by atoms with Crippen LogP contribution in [0.4, 0.5) is 17.1 Å². The molecule has 67 heavy (non-hydrogen) atoms. The Morgan fingerprint density at radius 3 is 1.45 bits per heavy atom. The predicted molar refractivity (Wildman–Crippen MR) is 279 cm³/mol. The highest BCUT2D eigenvalue weighted by molar-refractivity contribution is 6.01. The first-order valence-corrected chi connectivity index (χ1v) is 23.7. The quantitative estimate of drug-likeness (QED) is 0.156. The summed E-state index contributed by atoms with van der Waals surface area (Å²) in [5.41, 5.74) is 28.8.